The zero-order valence-electron chi connectivity index (χ0n) is 11.7. The third kappa shape index (κ3) is 8.64. The number of aryl methyl sites for hydroxylation is 1. The first kappa shape index (κ1) is 15.9. The number of hydrogen-bond acceptors (Lipinski definition) is 2. The van der Waals surface area contributed by atoms with Gasteiger partial charge in [0.25, 0.3) is 0 Å². The average Bonchev–Trinajstić information content (AvgIpc) is 2.30. The van der Waals surface area contributed by atoms with Crippen LogP contribution in [0.2, 0.25) is 0 Å². The lowest BCUT2D eigenvalue weighted by Crippen LogP contribution is -2.28. The van der Waals surface area contributed by atoms with E-state index in [1.54, 1.807) is 0 Å². The van der Waals surface area contributed by atoms with E-state index in [9.17, 15) is 4.79 Å². The number of ketones is 1. The maximum absolute atomic E-state index is 11.1. The van der Waals surface area contributed by atoms with Crippen LogP contribution in [0.5, 0.6) is 0 Å². The fraction of sp³-hybridized carbons (Fsp3) is 0.533. The second-order valence-corrected chi connectivity index (χ2v) is 4.61. The highest BCUT2D eigenvalue weighted by Gasteiger charge is 2.08. The number of carbonyl (C=O) groups excluding carboxylic acids is 1. The average molecular weight is 235 g/mol. The first-order valence-corrected chi connectivity index (χ1v) is 6.20. The lowest BCUT2D eigenvalue weighted by atomic mass is 10.1. The molecule has 2 heteroatoms. The number of carbonyl (C=O) groups is 1. The van der Waals surface area contributed by atoms with E-state index in [4.69, 9.17) is 0 Å². The van der Waals surface area contributed by atoms with Crippen molar-refractivity contribution < 1.29 is 4.79 Å². The minimum atomic E-state index is 0.175. The van der Waals surface area contributed by atoms with Gasteiger partial charge < -0.3 is 0 Å². The van der Waals surface area contributed by atoms with E-state index in [-0.39, 0.29) is 5.92 Å². The van der Waals surface area contributed by atoms with Crippen molar-refractivity contribution in [1.82, 2.24) is 4.90 Å². The van der Waals surface area contributed by atoms with Gasteiger partial charge in [0, 0.05) is 5.92 Å². The summed E-state index contributed by atoms with van der Waals surface area (Å²) in [4.78, 5) is 13.1. The van der Waals surface area contributed by atoms with Gasteiger partial charge in [-0.15, -0.1) is 0 Å². The van der Waals surface area contributed by atoms with Crippen LogP contribution in [0.15, 0.2) is 30.3 Å². The van der Waals surface area contributed by atoms with Gasteiger partial charge in [-0.05, 0) is 20.5 Å². The van der Waals surface area contributed by atoms with Crippen molar-refractivity contribution in [2.75, 3.05) is 20.1 Å². The maximum atomic E-state index is 11.1. The largest absolute Gasteiger partial charge is 0.299 e. The molecule has 0 heterocycles. The Kier molecular flexibility index (Phi) is 8.34. The molecule has 0 bridgehead atoms. The van der Waals surface area contributed by atoms with E-state index in [2.05, 4.69) is 19.1 Å². The van der Waals surface area contributed by atoms with Crippen LogP contribution < -0.4 is 0 Å². The molecule has 0 radical (unpaired) electrons. The summed E-state index contributed by atoms with van der Waals surface area (Å²) in [5, 5.41) is 0. The van der Waals surface area contributed by atoms with Crippen molar-refractivity contribution in [3.8, 4) is 0 Å². The second-order valence-electron chi connectivity index (χ2n) is 4.61. The Morgan fingerprint density at radius 1 is 1.24 bits per heavy atom. The van der Waals surface area contributed by atoms with Crippen LogP contribution in [0.1, 0.15) is 26.3 Å². The van der Waals surface area contributed by atoms with Gasteiger partial charge in [-0.25, -0.2) is 0 Å². The molecular formula is C15H25NO. The molecule has 0 N–H and O–H groups in total. The molecule has 0 aliphatic carbocycles. The molecule has 96 valence electrons. The smallest absolute Gasteiger partial charge is 0.149 e. The highest BCUT2D eigenvalue weighted by atomic mass is 16.1. The molecule has 1 rings (SSSR count). The predicted octanol–water partition coefficient (Wildman–Crippen LogP) is 3.16. The maximum Gasteiger partial charge on any atom is 0.149 e. The zero-order valence-corrected chi connectivity index (χ0v) is 11.7. The van der Waals surface area contributed by atoms with Crippen molar-refractivity contribution in [3.05, 3.63) is 35.9 Å². The third-order valence-electron chi connectivity index (χ3n) is 2.55. The highest BCUT2D eigenvalue weighted by molar-refractivity contribution is 5.82. The van der Waals surface area contributed by atoms with Gasteiger partial charge in [0.1, 0.15) is 5.78 Å². The summed E-state index contributed by atoms with van der Waals surface area (Å²) in [7, 11) is 1.96. The summed E-state index contributed by atoms with van der Waals surface area (Å²) >= 11 is 0. The van der Waals surface area contributed by atoms with E-state index in [0.29, 0.717) is 12.3 Å². The molecule has 0 aromatic heterocycles. The van der Waals surface area contributed by atoms with E-state index in [1.165, 1.54) is 5.56 Å². The number of rotatable bonds is 4. The normalized spacial score (nSPS) is 10.1. The van der Waals surface area contributed by atoms with E-state index in [1.807, 2.05) is 50.9 Å². The van der Waals surface area contributed by atoms with Crippen LogP contribution in [0, 0.1) is 12.8 Å². The third-order valence-corrected chi connectivity index (χ3v) is 2.55. The van der Waals surface area contributed by atoms with Crippen molar-refractivity contribution in [2.24, 2.45) is 5.92 Å². The summed E-state index contributed by atoms with van der Waals surface area (Å²) in [6.07, 6.45) is 0. The quantitative estimate of drug-likeness (QED) is 0.799. The van der Waals surface area contributed by atoms with E-state index >= 15 is 0 Å². The number of hydrogen-bond donors (Lipinski definition) is 0. The van der Waals surface area contributed by atoms with Crippen LogP contribution in [0.4, 0.5) is 0 Å². The first-order valence-electron chi connectivity index (χ1n) is 6.20. The molecule has 0 saturated carbocycles. The first-order chi connectivity index (χ1) is 7.97. The van der Waals surface area contributed by atoms with Gasteiger partial charge in [-0.1, -0.05) is 56.7 Å². The Hall–Kier alpha value is -1.15. The molecule has 1 aromatic carbocycles. The fourth-order valence-corrected chi connectivity index (χ4v) is 1.09. The molecular weight excluding hydrogens is 210 g/mol. The standard InChI is InChI=1S/C8H17NO.C7H8/c1-5-9(4)6-8(10)7(2)3;1-7-5-3-2-4-6-7/h7H,5-6H2,1-4H3;2-6H,1H3. The summed E-state index contributed by atoms with van der Waals surface area (Å²) in [6.45, 7) is 9.54. The molecule has 0 spiro atoms. The Morgan fingerprint density at radius 3 is 2.06 bits per heavy atom. The van der Waals surface area contributed by atoms with Crippen molar-refractivity contribution >= 4 is 5.78 Å². The monoisotopic (exact) mass is 235 g/mol. The topological polar surface area (TPSA) is 20.3 Å². The van der Waals surface area contributed by atoms with Crippen molar-refractivity contribution in [2.45, 2.75) is 27.7 Å². The molecule has 0 fully saturated rings. The predicted molar refractivity (Wildman–Crippen MR) is 74.2 cm³/mol. The van der Waals surface area contributed by atoms with E-state index in [0.717, 1.165) is 6.54 Å². The Bertz CT molecular complexity index is 306. The van der Waals surface area contributed by atoms with Crippen LogP contribution in [-0.2, 0) is 4.79 Å². The Labute approximate surface area is 106 Å². The lowest BCUT2D eigenvalue weighted by Gasteiger charge is -2.13. The molecule has 0 saturated heterocycles. The number of benzene rings is 1. The fourth-order valence-electron chi connectivity index (χ4n) is 1.09. The van der Waals surface area contributed by atoms with Gasteiger partial charge in [0.2, 0.25) is 0 Å². The van der Waals surface area contributed by atoms with Crippen LogP contribution >= 0.6 is 0 Å². The number of nitrogens with zero attached hydrogens (tertiary/aromatic N) is 1. The number of likely N-dealkylation sites (N-methyl/N-ethyl adjacent to an activating group) is 1. The van der Waals surface area contributed by atoms with Gasteiger partial charge in [-0.2, -0.15) is 0 Å². The molecule has 2 nitrogen and oxygen atoms in total. The molecule has 1 aromatic rings. The van der Waals surface area contributed by atoms with E-state index < -0.39 is 0 Å². The highest BCUT2D eigenvalue weighted by Crippen LogP contribution is 1.95. The number of Topliss-reactive ketones (excluding diaryl/α,β-unsaturated/α-hetero) is 1. The zero-order chi connectivity index (χ0) is 13.3. The van der Waals surface area contributed by atoms with Crippen LogP contribution in [0.3, 0.4) is 0 Å². The van der Waals surface area contributed by atoms with Gasteiger partial charge in [-0.3, -0.25) is 9.69 Å². The minimum absolute atomic E-state index is 0.175. The summed E-state index contributed by atoms with van der Waals surface area (Å²) in [5.41, 5.74) is 1.32. The molecule has 0 amide bonds. The van der Waals surface area contributed by atoms with Gasteiger partial charge >= 0.3 is 0 Å². The molecule has 17 heavy (non-hydrogen) atoms. The summed E-state index contributed by atoms with van der Waals surface area (Å²) in [5.74, 6) is 0.498. The Morgan fingerprint density at radius 2 is 1.76 bits per heavy atom. The molecule has 0 unspecified atom stereocenters. The molecule has 0 atom stereocenters. The van der Waals surface area contributed by atoms with Crippen LogP contribution in [0.25, 0.3) is 0 Å². The second kappa shape index (κ2) is 8.94. The van der Waals surface area contributed by atoms with Crippen LogP contribution in [-0.4, -0.2) is 30.8 Å². The minimum Gasteiger partial charge on any atom is -0.299 e. The van der Waals surface area contributed by atoms with Crippen molar-refractivity contribution in [3.63, 3.8) is 0 Å². The lowest BCUT2D eigenvalue weighted by molar-refractivity contribution is -0.122. The van der Waals surface area contributed by atoms with Gasteiger partial charge in [0.05, 0.1) is 6.54 Å². The van der Waals surface area contributed by atoms with Gasteiger partial charge in [0.15, 0.2) is 0 Å². The molecule has 0 aliphatic rings. The summed E-state index contributed by atoms with van der Waals surface area (Å²) in [6, 6.07) is 10.3. The Balaban J connectivity index is 0.000000318. The SMILES string of the molecule is CCN(C)CC(=O)C(C)C.Cc1ccccc1. The van der Waals surface area contributed by atoms with Crippen molar-refractivity contribution in [1.29, 1.82) is 0 Å². The summed E-state index contributed by atoms with van der Waals surface area (Å²) < 4.78 is 0. The molecule has 0 aliphatic heterocycles.